The minimum Gasteiger partial charge on any atom is -0.469 e. The molecule has 1 aromatic rings. The van der Waals surface area contributed by atoms with E-state index in [0.717, 1.165) is 12.0 Å². The zero-order chi connectivity index (χ0) is 21.7. The number of hydrogen-bond acceptors (Lipinski definition) is 7. The number of hydrogen-bond donors (Lipinski definition) is 0. The second kappa shape index (κ2) is 13.2. The molecule has 0 amide bonds. The molecule has 0 bridgehead atoms. The summed E-state index contributed by atoms with van der Waals surface area (Å²) in [5, 5.41) is 0. The summed E-state index contributed by atoms with van der Waals surface area (Å²) < 4.78 is 15.4. The van der Waals surface area contributed by atoms with Gasteiger partial charge in [-0.3, -0.25) is 14.4 Å². The Bertz CT molecular complexity index is 648. The van der Waals surface area contributed by atoms with Crippen LogP contribution < -0.4 is 0 Å². The van der Waals surface area contributed by atoms with Gasteiger partial charge in [-0.05, 0) is 25.3 Å². The molecule has 0 fully saturated rings. The van der Waals surface area contributed by atoms with Crippen LogP contribution in [0.15, 0.2) is 30.3 Å². The van der Waals surface area contributed by atoms with Crippen LogP contribution in [0.25, 0.3) is 0 Å². The summed E-state index contributed by atoms with van der Waals surface area (Å²) in [5.41, 5.74) is 0.0674. The highest BCUT2D eigenvalue weighted by atomic mass is 32.2. The fourth-order valence-corrected chi connectivity index (χ4v) is 3.90. The predicted octanol–water partition coefficient (Wildman–Crippen LogP) is 4.01. The molecule has 2 atom stereocenters. The Morgan fingerprint density at radius 1 is 1.14 bits per heavy atom. The fourth-order valence-electron chi connectivity index (χ4n) is 2.76. The summed E-state index contributed by atoms with van der Waals surface area (Å²) in [6.07, 6.45) is 1.32. The molecule has 29 heavy (non-hydrogen) atoms. The van der Waals surface area contributed by atoms with E-state index in [0.29, 0.717) is 24.5 Å². The van der Waals surface area contributed by atoms with Crippen molar-refractivity contribution >= 4 is 29.7 Å². The molecule has 0 aliphatic heterocycles. The van der Waals surface area contributed by atoms with Crippen molar-refractivity contribution in [2.24, 2.45) is 11.3 Å². The molecular formula is C22H32O6S. The highest BCUT2D eigenvalue weighted by Gasteiger charge is 2.38. The number of methoxy groups -OCH3 is 1. The number of ether oxygens (including phenoxy) is 3. The lowest BCUT2D eigenvalue weighted by atomic mass is 9.83. The minimum absolute atomic E-state index is 0.203. The summed E-state index contributed by atoms with van der Waals surface area (Å²) in [6, 6.07) is 9.46. The largest absolute Gasteiger partial charge is 0.469 e. The first-order valence-corrected chi connectivity index (χ1v) is 11.0. The van der Waals surface area contributed by atoms with Crippen LogP contribution in [0.5, 0.6) is 0 Å². The van der Waals surface area contributed by atoms with Crippen molar-refractivity contribution in [3.63, 3.8) is 0 Å². The average Bonchev–Trinajstić information content (AvgIpc) is 2.73. The normalized spacial score (nSPS) is 13.8. The van der Waals surface area contributed by atoms with Crippen molar-refractivity contribution in [3.8, 4) is 0 Å². The third-order valence-corrected chi connectivity index (χ3v) is 5.75. The lowest BCUT2D eigenvalue weighted by molar-refractivity contribution is -0.157. The Hall–Kier alpha value is -2.02. The van der Waals surface area contributed by atoms with Gasteiger partial charge in [0.15, 0.2) is 0 Å². The highest BCUT2D eigenvalue weighted by molar-refractivity contribution is 7.99. The summed E-state index contributed by atoms with van der Waals surface area (Å²) in [7, 11) is 1.35. The van der Waals surface area contributed by atoms with Crippen molar-refractivity contribution in [1.82, 2.24) is 0 Å². The van der Waals surface area contributed by atoms with Crippen LogP contribution in [0.3, 0.4) is 0 Å². The fraction of sp³-hybridized carbons (Fsp3) is 0.591. The Kier molecular flexibility index (Phi) is 11.4. The second-order valence-electron chi connectivity index (χ2n) is 7.27. The first-order chi connectivity index (χ1) is 13.8. The van der Waals surface area contributed by atoms with E-state index in [1.807, 2.05) is 37.3 Å². The molecule has 0 spiro atoms. The molecule has 1 aromatic carbocycles. The SMILES string of the molecule is CCCOC(=O)C(C)(CSCCC(=O)OC)CC(C)C(=O)OCc1ccccc1. The Labute approximate surface area is 177 Å². The van der Waals surface area contributed by atoms with E-state index in [-0.39, 0.29) is 30.9 Å². The van der Waals surface area contributed by atoms with Gasteiger partial charge in [0.25, 0.3) is 0 Å². The molecule has 0 saturated heterocycles. The van der Waals surface area contributed by atoms with Crippen molar-refractivity contribution in [2.75, 3.05) is 25.2 Å². The molecule has 0 radical (unpaired) electrons. The third kappa shape index (κ3) is 9.35. The second-order valence-corrected chi connectivity index (χ2v) is 8.38. The molecule has 7 heteroatoms. The van der Waals surface area contributed by atoms with E-state index in [4.69, 9.17) is 9.47 Å². The van der Waals surface area contributed by atoms with Crippen LogP contribution in [0.4, 0.5) is 0 Å². The van der Waals surface area contributed by atoms with Gasteiger partial charge in [0.1, 0.15) is 6.61 Å². The van der Waals surface area contributed by atoms with Gasteiger partial charge in [0.2, 0.25) is 0 Å². The Balaban J connectivity index is 2.66. The molecule has 0 aliphatic carbocycles. The van der Waals surface area contributed by atoms with Gasteiger partial charge in [-0.2, -0.15) is 11.8 Å². The van der Waals surface area contributed by atoms with Gasteiger partial charge < -0.3 is 14.2 Å². The molecule has 0 aromatic heterocycles. The molecule has 6 nitrogen and oxygen atoms in total. The van der Waals surface area contributed by atoms with Crippen LogP contribution in [0.2, 0.25) is 0 Å². The molecule has 0 heterocycles. The van der Waals surface area contributed by atoms with Crippen LogP contribution in [0.1, 0.15) is 45.6 Å². The zero-order valence-electron chi connectivity index (χ0n) is 17.8. The van der Waals surface area contributed by atoms with Gasteiger partial charge in [-0.1, -0.05) is 44.2 Å². The molecule has 0 saturated carbocycles. The molecule has 162 valence electrons. The van der Waals surface area contributed by atoms with Gasteiger partial charge in [-0.15, -0.1) is 0 Å². The number of carbonyl (C=O) groups excluding carboxylic acids is 3. The number of benzene rings is 1. The smallest absolute Gasteiger partial charge is 0.312 e. The molecule has 2 unspecified atom stereocenters. The summed E-state index contributed by atoms with van der Waals surface area (Å²) >= 11 is 1.48. The third-order valence-electron chi connectivity index (χ3n) is 4.41. The number of esters is 3. The van der Waals surface area contributed by atoms with Crippen LogP contribution in [-0.4, -0.2) is 43.1 Å². The first-order valence-electron chi connectivity index (χ1n) is 9.84. The maximum absolute atomic E-state index is 12.7. The Morgan fingerprint density at radius 2 is 1.83 bits per heavy atom. The molecular weight excluding hydrogens is 392 g/mol. The van der Waals surface area contributed by atoms with E-state index in [9.17, 15) is 14.4 Å². The number of carbonyl (C=O) groups is 3. The van der Waals surface area contributed by atoms with Crippen molar-refractivity contribution in [3.05, 3.63) is 35.9 Å². The lowest BCUT2D eigenvalue weighted by Crippen LogP contribution is -2.36. The van der Waals surface area contributed by atoms with Crippen molar-refractivity contribution in [2.45, 2.75) is 46.6 Å². The van der Waals surface area contributed by atoms with Gasteiger partial charge in [0, 0.05) is 11.5 Å². The van der Waals surface area contributed by atoms with Crippen molar-refractivity contribution < 1.29 is 28.6 Å². The molecule has 0 aliphatic rings. The van der Waals surface area contributed by atoms with E-state index in [2.05, 4.69) is 4.74 Å². The maximum atomic E-state index is 12.7. The Morgan fingerprint density at radius 3 is 2.45 bits per heavy atom. The molecule has 1 rings (SSSR count). The average molecular weight is 425 g/mol. The van der Waals surface area contributed by atoms with Gasteiger partial charge in [0.05, 0.1) is 31.5 Å². The minimum atomic E-state index is -0.846. The topological polar surface area (TPSA) is 78.9 Å². The maximum Gasteiger partial charge on any atom is 0.312 e. The molecule has 0 N–H and O–H groups in total. The quantitative estimate of drug-likeness (QED) is 0.269. The number of thioether (sulfide) groups is 1. The van der Waals surface area contributed by atoms with E-state index in [1.54, 1.807) is 13.8 Å². The van der Waals surface area contributed by atoms with E-state index < -0.39 is 11.3 Å². The van der Waals surface area contributed by atoms with E-state index in [1.165, 1.54) is 18.9 Å². The standard InChI is InChI=1S/C22H32O6S/c1-5-12-27-21(25)22(3,16-29-13-11-19(23)26-4)14-17(2)20(24)28-15-18-9-7-6-8-10-18/h6-10,17H,5,11-16H2,1-4H3. The highest BCUT2D eigenvalue weighted by Crippen LogP contribution is 2.33. The van der Waals surface area contributed by atoms with Crippen LogP contribution >= 0.6 is 11.8 Å². The van der Waals surface area contributed by atoms with Crippen molar-refractivity contribution in [1.29, 1.82) is 0 Å². The van der Waals surface area contributed by atoms with Gasteiger partial charge in [-0.25, -0.2) is 0 Å². The zero-order valence-corrected chi connectivity index (χ0v) is 18.6. The summed E-state index contributed by atoms with van der Waals surface area (Å²) in [4.78, 5) is 36.4. The first kappa shape index (κ1) is 25.0. The van der Waals surface area contributed by atoms with Gasteiger partial charge >= 0.3 is 17.9 Å². The monoisotopic (exact) mass is 424 g/mol. The van der Waals surface area contributed by atoms with Crippen LogP contribution in [-0.2, 0) is 35.2 Å². The van der Waals surface area contributed by atoms with E-state index >= 15 is 0 Å². The number of rotatable bonds is 13. The lowest BCUT2D eigenvalue weighted by Gasteiger charge is -2.29. The summed E-state index contributed by atoms with van der Waals surface area (Å²) in [6.45, 7) is 6.04. The predicted molar refractivity (Wildman–Crippen MR) is 113 cm³/mol. The summed E-state index contributed by atoms with van der Waals surface area (Å²) in [5.74, 6) is -0.431. The van der Waals surface area contributed by atoms with Crippen LogP contribution in [0, 0.1) is 11.3 Å².